The molecule has 0 radical (unpaired) electrons. The lowest BCUT2D eigenvalue weighted by atomic mass is 10.2. The number of nitrogens with zero attached hydrogens (tertiary/aromatic N) is 1. The third-order valence-corrected chi connectivity index (χ3v) is 3.98. The first-order chi connectivity index (χ1) is 9.65. The van der Waals surface area contributed by atoms with Gasteiger partial charge in [-0.25, -0.2) is 5.84 Å². The van der Waals surface area contributed by atoms with Crippen LogP contribution in [0.15, 0.2) is 34.1 Å². The van der Waals surface area contributed by atoms with Gasteiger partial charge in [0.25, 0.3) is 5.91 Å². The number of halogens is 1. The van der Waals surface area contributed by atoms with Gasteiger partial charge in [-0.05, 0) is 29.6 Å². The summed E-state index contributed by atoms with van der Waals surface area (Å²) in [6, 6.07) is 9.03. The lowest BCUT2D eigenvalue weighted by Gasteiger charge is -2.08. The molecular weight excluding hydrogens is 342 g/mol. The molecule has 1 aromatic carbocycles. The molecule has 0 atom stereocenters. The Bertz CT molecular complexity index is 678. The molecule has 0 saturated heterocycles. The van der Waals surface area contributed by atoms with Crippen LogP contribution in [-0.2, 0) is 6.61 Å². The number of carbonyl (C=O) groups is 1. The highest BCUT2D eigenvalue weighted by Crippen LogP contribution is 2.24. The van der Waals surface area contributed by atoms with Gasteiger partial charge < -0.3 is 4.74 Å². The van der Waals surface area contributed by atoms with Crippen molar-refractivity contribution in [1.29, 1.82) is 5.26 Å². The zero-order valence-corrected chi connectivity index (χ0v) is 12.6. The minimum absolute atomic E-state index is 0.197. The van der Waals surface area contributed by atoms with E-state index in [1.165, 1.54) is 11.3 Å². The number of carbonyl (C=O) groups excluding carboxylic acids is 1. The summed E-state index contributed by atoms with van der Waals surface area (Å²) in [4.78, 5) is 12.0. The normalized spacial score (nSPS) is 9.85. The minimum Gasteiger partial charge on any atom is -0.487 e. The van der Waals surface area contributed by atoms with E-state index in [1.807, 2.05) is 0 Å². The van der Waals surface area contributed by atoms with Crippen LogP contribution in [0.1, 0.15) is 20.8 Å². The van der Waals surface area contributed by atoms with Crippen LogP contribution in [0.25, 0.3) is 0 Å². The van der Waals surface area contributed by atoms with Crippen molar-refractivity contribution >= 4 is 33.2 Å². The van der Waals surface area contributed by atoms with Gasteiger partial charge in [-0.2, -0.15) is 5.26 Å². The molecule has 0 saturated carbocycles. The number of thiophene rings is 1. The number of hydrogen-bond acceptors (Lipinski definition) is 5. The fourth-order valence-electron chi connectivity index (χ4n) is 1.59. The van der Waals surface area contributed by atoms with E-state index in [4.69, 9.17) is 15.8 Å². The summed E-state index contributed by atoms with van der Waals surface area (Å²) in [5, 5.41) is 10.8. The van der Waals surface area contributed by atoms with Gasteiger partial charge in [0.15, 0.2) is 0 Å². The van der Waals surface area contributed by atoms with Gasteiger partial charge in [0.2, 0.25) is 0 Å². The average Bonchev–Trinajstić information content (AvgIpc) is 2.93. The number of hydrogen-bond donors (Lipinski definition) is 2. The van der Waals surface area contributed by atoms with E-state index >= 15 is 0 Å². The Kier molecular flexibility index (Phi) is 4.74. The second-order valence-corrected chi connectivity index (χ2v) is 5.62. The molecule has 3 N–H and O–H groups in total. The number of nitrogens with two attached hydrogens (primary N) is 1. The van der Waals surface area contributed by atoms with E-state index in [9.17, 15) is 4.79 Å². The Morgan fingerprint density at radius 3 is 3.00 bits per heavy atom. The van der Waals surface area contributed by atoms with E-state index in [0.717, 1.165) is 10.0 Å². The SMILES string of the molecule is N#Cc1cc(Br)ccc1OCc1ccsc1C(=O)NN. The summed E-state index contributed by atoms with van der Waals surface area (Å²) in [5.41, 5.74) is 3.25. The van der Waals surface area contributed by atoms with Crippen molar-refractivity contribution in [2.75, 3.05) is 0 Å². The molecule has 2 aromatic rings. The minimum atomic E-state index is -0.352. The summed E-state index contributed by atoms with van der Waals surface area (Å²) in [5.74, 6) is 5.24. The smallest absolute Gasteiger partial charge is 0.275 e. The molecule has 0 aliphatic rings. The number of nitriles is 1. The summed E-state index contributed by atoms with van der Waals surface area (Å²) in [7, 11) is 0. The van der Waals surface area contributed by atoms with Gasteiger partial charge in [0.05, 0.1) is 10.4 Å². The molecule has 0 aliphatic carbocycles. The van der Waals surface area contributed by atoms with Crippen LogP contribution >= 0.6 is 27.3 Å². The standard InChI is InChI=1S/C13H10BrN3O2S/c14-10-1-2-11(9(5-10)6-15)19-7-8-3-4-20-12(8)13(18)17-16/h1-5H,7,16H2,(H,17,18). The van der Waals surface area contributed by atoms with Crippen LogP contribution in [-0.4, -0.2) is 5.91 Å². The lowest BCUT2D eigenvalue weighted by Crippen LogP contribution is -2.30. The van der Waals surface area contributed by atoms with Crippen LogP contribution in [0.3, 0.4) is 0 Å². The van der Waals surface area contributed by atoms with Gasteiger partial charge in [0, 0.05) is 10.0 Å². The molecule has 102 valence electrons. The van der Waals surface area contributed by atoms with Crippen LogP contribution in [0, 0.1) is 11.3 Å². The molecule has 1 amide bonds. The third kappa shape index (κ3) is 3.17. The molecule has 20 heavy (non-hydrogen) atoms. The molecule has 0 spiro atoms. The fourth-order valence-corrected chi connectivity index (χ4v) is 2.76. The molecule has 7 heteroatoms. The summed E-state index contributed by atoms with van der Waals surface area (Å²) in [6.07, 6.45) is 0. The highest BCUT2D eigenvalue weighted by molar-refractivity contribution is 9.10. The maximum absolute atomic E-state index is 11.5. The van der Waals surface area contributed by atoms with Gasteiger partial charge in [-0.15, -0.1) is 11.3 Å². The lowest BCUT2D eigenvalue weighted by molar-refractivity contribution is 0.0955. The summed E-state index contributed by atoms with van der Waals surface area (Å²) in [6.45, 7) is 0.197. The van der Waals surface area contributed by atoms with Crippen molar-refractivity contribution in [1.82, 2.24) is 5.43 Å². The number of hydrazine groups is 1. The highest BCUT2D eigenvalue weighted by atomic mass is 79.9. The van der Waals surface area contributed by atoms with Gasteiger partial charge >= 0.3 is 0 Å². The Labute approximate surface area is 128 Å². The number of nitrogen functional groups attached to an aromatic ring is 1. The molecule has 1 aromatic heterocycles. The topological polar surface area (TPSA) is 88.1 Å². The van der Waals surface area contributed by atoms with Gasteiger partial charge in [0.1, 0.15) is 18.4 Å². The van der Waals surface area contributed by atoms with E-state index in [1.54, 1.807) is 29.6 Å². The molecular formula is C13H10BrN3O2S. The quantitative estimate of drug-likeness (QED) is 0.503. The van der Waals surface area contributed by atoms with Crippen LogP contribution in [0.2, 0.25) is 0 Å². The van der Waals surface area contributed by atoms with E-state index in [2.05, 4.69) is 27.4 Å². The van der Waals surface area contributed by atoms with Crippen LogP contribution in [0.4, 0.5) is 0 Å². The molecule has 0 bridgehead atoms. The predicted molar refractivity (Wildman–Crippen MR) is 79.2 cm³/mol. The number of ether oxygens (including phenoxy) is 1. The highest BCUT2D eigenvalue weighted by Gasteiger charge is 2.13. The van der Waals surface area contributed by atoms with Crippen molar-refractivity contribution < 1.29 is 9.53 Å². The van der Waals surface area contributed by atoms with Gasteiger partial charge in [-0.3, -0.25) is 10.2 Å². The molecule has 0 unspecified atom stereocenters. The Morgan fingerprint density at radius 1 is 1.50 bits per heavy atom. The number of benzene rings is 1. The van der Waals surface area contributed by atoms with Crippen molar-refractivity contribution in [2.45, 2.75) is 6.61 Å². The van der Waals surface area contributed by atoms with E-state index < -0.39 is 0 Å². The molecule has 2 rings (SSSR count). The number of rotatable bonds is 4. The van der Waals surface area contributed by atoms with Gasteiger partial charge in [-0.1, -0.05) is 15.9 Å². The Morgan fingerprint density at radius 2 is 2.30 bits per heavy atom. The second-order valence-electron chi connectivity index (χ2n) is 3.79. The first-order valence-electron chi connectivity index (χ1n) is 5.55. The third-order valence-electron chi connectivity index (χ3n) is 2.53. The number of amides is 1. The van der Waals surface area contributed by atoms with Crippen molar-refractivity contribution in [3.05, 3.63) is 50.1 Å². The predicted octanol–water partition coefficient (Wildman–Crippen LogP) is 2.56. The van der Waals surface area contributed by atoms with Crippen molar-refractivity contribution in [3.8, 4) is 11.8 Å². The fraction of sp³-hybridized carbons (Fsp3) is 0.0769. The summed E-state index contributed by atoms with van der Waals surface area (Å²) >= 11 is 4.58. The average molecular weight is 352 g/mol. The van der Waals surface area contributed by atoms with E-state index in [-0.39, 0.29) is 12.5 Å². The summed E-state index contributed by atoms with van der Waals surface area (Å²) < 4.78 is 6.41. The van der Waals surface area contributed by atoms with E-state index in [0.29, 0.717) is 16.2 Å². The van der Waals surface area contributed by atoms with Crippen LogP contribution in [0.5, 0.6) is 5.75 Å². The molecule has 1 heterocycles. The monoisotopic (exact) mass is 351 g/mol. The zero-order chi connectivity index (χ0) is 14.5. The zero-order valence-electron chi connectivity index (χ0n) is 10.2. The maximum atomic E-state index is 11.5. The van der Waals surface area contributed by atoms with Crippen molar-refractivity contribution in [3.63, 3.8) is 0 Å². The first-order valence-corrected chi connectivity index (χ1v) is 7.22. The van der Waals surface area contributed by atoms with Crippen molar-refractivity contribution in [2.24, 2.45) is 5.84 Å². The van der Waals surface area contributed by atoms with Crippen LogP contribution < -0.4 is 16.0 Å². The second kappa shape index (κ2) is 6.52. The Balaban J connectivity index is 2.16. The number of nitrogens with one attached hydrogen (secondary N) is 1. The molecule has 0 aliphatic heterocycles. The largest absolute Gasteiger partial charge is 0.487 e. The molecule has 0 fully saturated rings. The molecule has 5 nitrogen and oxygen atoms in total. The first kappa shape index (κ1) is 14.5. The maximum Gasteiger partial charge on any atom is 0.275 e. The Hall–Kier alpha value is -1.88.